The first-order valence-corrected chi connectivity index (χ1v) is 10.3. The molecule has 0 aliphatic heterocycles. The van der Waals surface area contributed by atoms with Gasteiger partial charge in [0.1, 0.15) is 5.75 Å². The lowest BCUT2D eigenvalue weighted by molar-refractivity contribution is 0.304. The monoisotopic (exact) mass is 353 g/mol. The summed E-state index contributed by atoms with van der Waals surface area (Å²) in [6.45, 7) is 5.48. The lowest BCUT2D eigenvalue weighted by Crippen LogP contribution is -1.97. The SMILES string of the molecule is C=Cc1ccc2cc(OCCCCCCCCCCCCN)ccc2c1. The van der Waals surface area contributed by atoms with Crippen molar-refractivity contribution in [3.63, 3.8) is 0 Å². The molecule has 0 unspecified atom stereocenters. The average molecular weight is 354 g/mol. The molecule has 0 spiro atoms. The van der Waals surface area contributed by atoms with E-state index in [0.717, 1.165) is 30.9 Å². The minimum Gasteiger partial charge on any atom is -0.494 e. The molecule has 0 aliphatic carbocycles. The minimum absolute atomic E-state index is 0.815. The zero-order chi connectivity index (χ0) is 18.5. The van der Waals surface area contributed by atoms with E-state index in [9.17, 15) is 0 Å². The first-order chi connectivity index (χ1) is 12.8. The Hall–Kier alpha value is -1.80. The van der Waals surface area contributed by atoms with Crippen LogP contribution in [0.5, 0.6) is 5.75 Å². The summed E-state index contributed by atoms with van der Waals surface area (Å²) in [5.41, 5.74) is 6.66. The second-order valence-corrected chi connectivity index (χ2v) is 7.15. The Kier molecular flexibility index (Phi) is 9.89. The molecule has 0 atom stereocenters. The van der Waals surface area contributed by atoms with Gasteiger partial charge in [-0.15, -0.1) is 0 Å². The number of hydrogen-bond donors (Lipinski definition) is 1. The quantitative estimate of drug-likeness (QED) is 0.382. The van der Waals surface area contributed by atoms with Gasteiger partial charge in [-0.3, -0.25) is 0 Å². The van der Waals surface area contributed by atoms with Crippen molar-refractivity contribution < 1.29 is 4.74 Å². The average Bonchev–Trinajstić information content (AvgIpc) is 2.68. The maximum atomic E-state index is 5.92. The number of benzene rings is 2. The maximum Gasteiger partial charge on any atom is 0.119 e. The molecule has 26 heavy (non-hydrogen) atoms. The van der Waals surface area contributed by atoms with Crippen LogP contribution in [0.1, 0.15) is 69.8 Å². The topological polar surface area (TPSA) is 35.2 Å². The molecule has 0 fully saturated rings. The summed E-state index contributed by atoms with van der Waals surface area (Å²) in [4.78, 5) is 0. The smallest absolute Gasteiger partial charge is 0.119 e. The Labute approximate surface area is 159 Å². The van der Waals surface area contributed by atoms with Gasteiger partial charge in [-0.1, -0.05) is 82.2 Å². The molecule has 0 heterocycles. The summed E-state index contributed by atoms with van der Waals surface area (Å²) in [6.07, 6.45) is 15.0. The van der Waals surface area contributed by atoms with Crippen LogP contribution in [0.25, 0.3) is 16.8 Å². The van der Waals surface area contributed by atoms with E-state index < -0.39 is 0 Å². The molecule has 0 radical (unpaired) electrons. The van der Waals surface area contributed by atoms with Crippen molar-refractivity contribution in [1.29, 1.82) is 0 Å². The molecule has 0 aliphatic rings. The second kappa shape index (κ2) is 12.5. The van der Waals surface area contributed by atoms with Gasteiger partial charge in [0.25, 0.3) is 0 Å². The summed E-state index contributed by atoms with van der Waals surface area (Å²) >= 11 is 0. The zero-order valence-electron chi connectivity index (χ0n) is 16.2. The molecule has 0 aromatic heterocycles. The lowest BCUT2D eigenvalue weighted by atomic mass is 10.1. The van der Waals surface area contributed by atoms with Crippen LogP contribution in [-0.2, 0) is 0 Å². The van der Waals surface area contributed by atoms with Gasteiger partial charge in [0.2, 0.25) is 0 Å². The molecule has 0 saturated carbocycles. The van der Waals surface area contributed by atoms with E-state index in [-0.39, 0.29) is 0 Å². The van der Waals surface area contributed by atoms with Gasteiger partial charge in [0.05, 0.1) is 6.61 Å². The Morgan fingerprint density at radius 1 is 0.731 bits per heavy atom. The van der Waals surface area contributed by atoms with Crippen molar-refractivity contribution >= 4 is 16.8 Å². The fourth-order valence-electron chi connectivity index (χ4n) is 3.31. The molecule has 2 N–H and O–H groups in total. The number of ether oxygens (including phenoxy) is 1. The summed E-state index contributed by atoms with van der Waals surface area (Å²) in [6, 6.07) is 12.7. The van der Waals surface area contributed by atoms with Crippen molar-refractivity contribution in [2.24, 2.45) is 5.73 Å². The number of fused-ring (bicyclic) bond motifs is 1. The predicted octanol–water partition coefficient (Wildman–Crippen LogP) is 6.72. The maximum absolute atomic E-state index is 5.92. The number of rotatable bonds is 14. The molecule has 2 rings (SSSR count). The molecular formula is C24H35NO. The van der Waals surface area contributed by atoms with Crippen LogP contribution in [-0.4, -0.2) is 13.2 Å². The third-order valence-corrected chi connectivity index (χ3v) is 4.94. The molecule has 142 valence electrons. The van der Waals surface area contributed by atoms with Crippen molar-refractivity contribution in [3.05, 3.63) is 48.5 Å². The van der Waals surface area contributed by atoms with E-state index in [1.165, 1.54) is 68.6 Å². The van der Waals surface area contributed by atoms with Crippen LogP contribution in [0.4, 0.5) is 0 Å². The first kappa shape index (κ1) is 20.5. The van der Waals surface area contributed by atoms with E-state index in [2.05, 4.69) is 43.0 Å². The molecule has 0 bridgehead atoms. The summed E-state index contributed by atoms with van der Waals surface area (Å²) in [5, 5.41) is 2.46. The summed E-state index contributed by atoms with van der Waals surface area (Å²) in [5.74, 6) is 0.973. The highest BCUT2D eigenvalue weighted by atomic mass is 16.5. The lowest BCUT2D eigenvalue weighted by Gasteiger charge is -2.08. The van der Waals surface area contributed by atoms with E-state index in [1.807, 2.05) is 6.08 Å². The van der Waals surface area contributed by atoms with Crippen LogP contribution in [0.2, 0.25) is 0 Å². The first-order valence-electron chi connectivity index (χ1n) is 10.3. The fraction of sp³-hybridized carbons (Fsp3) is 0.500. The van der Waals surface area contributed by atoms with E-state index in [4.69, 9.17) is 10.5 Å². The minimum atomic E-state index is 0.815. The molecular weight excluding hydrogens is 318 g/mol. The van der Waals surface area contributed by atoms with Gasteiger partial charge in [0.15, 0.2) is 0 Å². The molecule has 2 aromatic rings. The van der Waals surface area contributed by atoms with Crippen molar-refractivity contribution in [1.82, 2.24) is 0 Å². The second-order valence-electron chi connectivity index (χ2n) is 7.15. The largest absolute Gasteiger partial charge is 0.494 e. The number of unbranched alkanes of at least 4 members (excludes halogenated alkanes) is 9. The van der Waals surface area contributed by atoms with Crippen LogP contribution in [0.3, 0.4) is 0 Å². The summed E-state index contributed by atoms with van der Waals surface area (Å²) in [7, 11) is 0. The third-order valence-electron chi connectivity index (χ3n) is 4.94. The highest BCUT2D eigenvalue weighted by Gasteiger charge is 1.99. The van der Waals surface area contributed by atoms with Gasteiger partial charge in [-0.25, -0.2) is 0 Å². The van der Waals surface area contributed by atoms with E-state index in [1.54, 1.807) is 0 Å². The van der Waals surface area contributed by atoms with E-state index >= 15 is 0 Å². The predicted molar refractivity (Wildman–Crippen MR) is 115 cm³/mol. The van der Waals surface area contributed by atoms with E-state index in [0.29, 0.717) is 0 Å². The highest BCUT2D eigenvalue weighted by molar-refractivity contribution is 5.85. The third kappa shape index (κ3) is 7.61. The van der Waals surface area contributed by atoms with Gasteiger partial charge in [-0.2, -0.15) is 0 Å². The molecule has 0 saturated heterocycles. The van der Waals surface area contributed by atoms with Crippen molar-refractivity contribution in [2.45, 2.75) is 64.2 Å². The number of nitrogens with two attached hydrogens (primary N) is 1. The Bertz CT molecular complexity index is 650. The zero-order valence-corrected chi connectivity index (χ0v) is 16.2. The standard InChI is InChI=1S/C24H35NO/c1-2-21-13-14-23-20-24(16-15-22(23)19-21)26-18-12-10-8-6-4-3-5-7-9-11-17-25/h2,13-16,19-20H,1,3-12,17-18,25H2. The normalized spacial score (nSPS) is 11.0. The van der Waals surface area contributed by atoms with Crippen LogP contribution < -0.4 is 10.5 Å². The summed E-state index contributed by atoms with van der Waals surface area (Å²) < 4.78 is 5.92. The molecule has 0 amide bonds. The molecule has 2 aromatic carbocycles. The molecule has 2 nitrogen and oxygen atoms in total. The fourth-order valence-corrected chi connectivity index (χ4v) is 3.31. The van der Waals surface area contributed by atoms with Crippen LogP contribution in [0.15, 0.2) is 43.0 Å². The highest BCUT2D eigenvalue weighted by Crippen LogP contribution is 2.22. The number of hydrogen-bond acceptors (Lipinski definition) is 2. The van der Waals surface area contributed by atoms with Crippen LogP contribution in [0, 0.1) is 0 Å². The van der Waals surface area contributed by atoms with Gasteiger partial charge in [-0.05, 0) is 53.9 Å². The Morgan fingerprint density at radius 2 is 1.31 bits per heavy atom. The Balaban J connectivity index is 1.53. The van der Waals surface area contributed by atoms with Gasteiger partial charge in [0, 0.05) is 0 Å². The van der Waals surface area contributed by atoms with Gasteiger partial charge < -0.3 is 10.5 Å². The Morgan fingerprint density at radius 3 is 1.96 bits per heavy atom. The van der Waals surface area contributed by atoms with Gasteiger partial charge >= 0.3 is 0 Å². The van der Waals surface area contributed by atoms with Crippen molar-refractivity contribution in [2.75, 3.05) is 13.2 Å². The van der Waals surface area contributed by atoms with Crippen LogP contribution >= 0.6 is 0 Å². The molecule has 2 heteroatoms. The van der Waals surface area contributed by atoms with Crippen molar-refractivity contribution in [3.8, 4) is 5.75 Å².